The first kappa shape index (κ1) is 30.3. The highest BCUT2D eigenvalue weighted by Gasteiger charge is 2.26. The van der Waals surface area contributed by atoms with Crippen molar-refractivity contribution in [3.05, 3.63) is 70.7 Å². The van der Waals surface area contributed by atoms with Gasteiger partial charge < -0.3 is 9.52 Å². The maximum atomic E-state index is 9.72. The van der Waals surface area contributed by atoms with E-state index >= 15 is 0 Å². The van der Waals surface area contributed by atoms with Crippen LogP contribution in [0.4, 0.5) is 0 Å². The lowest BCUT2D eigenvalue weighted by molar-refractivity contribution is 0.466. The molecule has 0 aliphatic heterocycles. The van der Waals surface area contributed by atoms with E-state index in [0.717, 1.165) is 16.8 Å². The minimum atomic E-state index is -0.0325. The third-order valence-corrected chi connectivity index (χ3v) is 6.81. The summed E-state index contributed by atoms with van der Waals surface area (Å²) in [7, 11) is 0. The van der Waals surface area contributed by atoms with Crippen LogP contribution in [0.5, 0.6) is 5.75 Å². The Kier molecular flexibility index (Phi) is 8.09. The van der Waals surface area contributed by atoms with E-state index in [9.17, 15) is 5.11 Å². The van der Waals surface area contributed by atoms with Crippen molar-refractivity contribution in [2.75, 3.05) is 0 Å². The van der Waals surface area contributed by atoms with Gasteiger partial charge in [0.05, 0.1) is 11.9 Å². The minimum absolute atomic E-state index is 0.0325. The van der Waals surface area contributed by atoms with Gasteiger partial charge >= 0.3 is 0 Å². The smallest absolute Gasteiger partial charge is 0.247 e. The highest BCUT2D eigenvalue weighted by molar-refractivity contribution is 5.81. The number of aryl methyl sites for hydroxylation is 1. The number of aromatic hydroxyl groups is 1. The SMILES string of the molecule is CC(C)(C)c1cc(O)cc(C(C)(C)C)c1.Cc1cnc(-c2nc3cc(C(C)(C)C)cc(C(C)(C)C)c3o2)cn1. The first-order valence-corrected chi connectivity index (χ1v) is 13.8. The topological polar surface area (TPSA) is 72.0 Å². The molecule has 5 nitrogen and oxygen atoms in total. The average Bonchev–Trinajstić information content (AvgIpc) is 3.20. The van der Waals surface area contributed by atoms with Crippen LogP contribution in [0, 0.1) is 6.92 Å². The summed E-state index contributed by atoms with van der Waals surface area (Å²) in [6, 6.07) is 10.3. The number of phenols is 1. The molecule has 2 aromatic carbocycles. The van der Waals surface area contributed by atoms with Gasteiger partial charge in [0.25, 0.3) is 0 Å². The largest absolute Gasteiger partial charge is 0.508 e. The van der Waals surface area contributed by atoms with E-state index in [-0.39, 0.29) is 21.7 Å². The maximum Gasteiger partial charge on any atom is 0.247 e. The molecule has 4 rings (SSSR count). The van der Waals surface area contributed by atoms with Crippen LogP contribution in [0.2, 0.25) is 0 Å². The number of oxazole rings is 1. The average molecular weight is 530 g/mol. The number of benzene rings is 2. The zero-order chi connectivity index (χ0) is 29.6. The van der Waals surface area contributed by atoms with Crippen LogP contribution < -0.4 is 0 Å². The summed E-state index contributed by atoms with van der Waals surface area (Å²) >= 11 is 0. The molecule has 0 fully saturated rings. The fraction of sp³-hybridized carbons (Fsp3) is 0.500. The highest BCUT2D eigenvalue weighted by atomic mass is 16.3. The molecule has 210 valence electrons. The van der Waals surface area contributed by atoms with Crippen molar-refractivity contribution in [2.45, 2.75) is 112 Å². The quantitative estimate of drug-likeness (QED) is 0.266. The molecule has 0 spiro atoms. The van der Waals surface area contributed by atoms with Crippen LogP contribution in [0.1, 0.15) is 111 Å². The van der Waals surface area contributed by atoms with E-state index in [2.05, 4.69) is 111 Å². The molecule has 0 aliphatic rings. The lowest BCUT2D eigenvalue weighted by Gasteiger charge is -2.25. The van der Waals surface area contributed by atoms with Gasteiger partial charge in [-0.15, -0.1) is 0 Å². The zero-order valence-electron chi connectivity index (χ0n) is 26.2. The molecule has 2 heterocycles. The van der Waals surface area contributed by atoms with Crippen LogP contribution in [0.15, 0.2) is 47.1 Å². The Morgan fingerprint density at radius 1 is 0.615 bits per heavy atom. The molecule has 2 aromatic heterocycles. The highest BCUT2D eigenvalue weighted by Crippen LogP contribution is 2.37. The van der Waals surface area contributed by atoms with Crippen LogP contribution in [0.3, 0.4) is 0 Å². The fourth-order valence-electron chi connectivity index (χ4n) is 4.11. The lowest BCUT2D eigenvalue weighted by atomic mass is 9.80. The zero-order valence-corrected chi connectivity index (χ0v) is 26.2. The molecule has 4 aromatic rings. The molecule has 0 saturated carbocycles. The Morgan fingerprint density at radius 2 is 1.13 bits per heavy atom. The molecule has 0 radical (unpaired) electrons. The fourth-order valence-corrected chi connectivity index (χ4v) is 4.11. The summed E-state index contributed by atoms with van der Waals surface area (Å²) in [5.41, 5.74) is 8.24. The first-order valence-electron chi connectivity index (χ1n) is 13.8. The van der Waals surface area contributed by atoms with Crippen molar-refractivity contribution in [3.63, 3.8) is 0 Å². The summed E-state index contributed by atoms with van der Waals surface area (Å²) in [6.07, 6.45) is 3.44. The Hall–Kier alpha value is -3.21. The summed E-state index contributed by atoms with van der Waals surface area (Å²) in [5, 5.41) is 9.72. The molecule has 0 bridgehead atoms. The van der Waals surface area contributed by atoms with Crippen molar-refractivity contribution >= 4 is 11.1 Å². The van der Waals surface area contributed by atoms with E-state index in [1.165, 1.54) is 22.3 Å². The molecule has 5 heteroatoms. The number of hydrogen-bond acceptors (Lipinski definition) is 5. The maximum absolute atomic E-state index is 9.72. The van der Waals surface area contributed by atoms with E-state index in [0.29, 0.717) is 17.3 Å². The van der Waals surface area contributed by atoms with Gasteiger partial charge in [-0.05, 0) is 63.5 Å². The summed E-state index contributed by atoms with van der Waals surface area (Å²) in [6.45, 7) is 28.1. The number of aromatic nitrogens is 3. The van der Waals surface area contributed by atoms with Crippen molar-refractivity contribution in [2.24, 2.45) is 0 Å². The third kappa shape index (κ3) is 7.46. The van der Waals surface area contributed by atoms with Gasteiger partial charge in [0.1, 0.15) is 17.0 Å². The summed E-state index contributed by atoms with van der Waals surface area (Å²) < 4.78 is 6.11. The van der Waals surface area contributed by atoms with Crippen LogP contribution >= 0.6 is 0 Å². The second-order valence-corrected chi connectivity index (χ2v) is 14.7. The predicted octanol–water partition coefficient (Wildman–Crippen LogP) is 9.18. The Bertz CT molecular complexity index is 1400. The number of nitrogens with zero attached hydrogens (tertiary/aromatic N) is 3. The number of hydrogen-bond donors (Lipinski definition) is 1. The molecule has 0 saturated heterocycles. The standard InChI is InChI=1S/C20H25N3O.C14H22O/c1-12-10-22-16(11-21-12)18-23-15-9-13(19(2,3)4)8-14(17(15)24-18)20(5,6)7;1-13(2,3)10-7-11(14(4,5)6)9-12(15)8-10/h8-11H,1-7H3;7-9,15H,1-6H3. The third-order valence-electron chi connectivity index (χ3n) is 6.81. The van der Waals surface area contributed by atoms with Crippen molar-refractivity contribution < 1.29 is 9.52 Å². The van der Waals surface area contributed by atoms with E-state index in [1.807, 2.05) is 19.1 Å². The Balaban J connectivity index is 0.000000242. The van der Waals surface area contributed by atoms with Crippen molar-refractivity contribution in [1.82, 2.24) is 15.0 Å². The molecular weight excluding hydrogens is 482 g/mol. The predicted molar refractivity (Wildman–Crippen MR) is 163 cm³/mol. The second kappa shape index (κ2) is 10.4. The van der Waals surface area contributed by atoms with Gasteiger partial charge in [0.15, 0.2) is 5.58 Å². The molecular formula is C34H47N3O2. The molecule has 0 unspecified atom stereocenters. The number of phenolic OH excluding ortho intramolecular Hbond substituents is 1. The van der Waals surface area contributed by atoms with Crippen molar-refractivity contribution in [3.8, 4) is 17.3 Å². The van der Waals surface area contributed by atoms with E-state index in [1.54, 1.807) is 12.4 Å². The summed E-state index contributed by atoms with van der Waals surface area (Å²) in [4.78, 5) is 13.4. The van der Waals surface area contributed by atoms with Gasteiger partial charge in [-0.3, -0.25) is 4.98 Å². The number of fused-ring (bicyclic) bond motifs is 1. The first-order chi connectivity index (χ1) is 17.7. The molecule has 0 aliphatic carbocycles. The Morgan fingerprint density at radius 3 is 1.56 bits per heavy atom. The normalized spacial score (nSPS) is 12.8. The summed E-state index contributed by atoms with van der Waals surface area (Å²) in [5.74, 6) is 0.890. The van der Waals surface area contributed by atoms with Gasteiger partial charge in [-0.1, -0.05) is 95.2 Å². The monoisotopic (exact) mass is 529 g/mol. The van der Waals surface area contributed by atoms with Crippen molar-refractivity contribution in [1.29, 1.82) is 0 Å². The molecule has 39 heavy (non-hydrogen) atoms. The Labute approximate surface area is 235 Å². The van der Waals surface area contributed by atoms with Gasteiger partial charge in [-0.25, -0.2) is 9.97 Å². The second-order valence-electron chi connectivity index (χ2n) is 14.7. The van der Waals surface area contributed by atoms with Gasteiger partial charge in [0.2, 0.25) is 5.89 Å². The molecule has 0 amide bonds. The van der Waals surface area contributed by atoms with Gasteiger partial charge in [-0.2, -0.15) is 0 Å². The van der Waals surface area contributed by atoms with Crippen LogP contribution in [0.25, 0.3) is 22.7 Å². The molecule has 0 atom stereocenters. The van der Waals surface area contributed by atoms with E-state index < -0.39 is 0 Å². The number of rotatable bonds is 1. The molecule has 1 N–H and O–H groups in total. The lowest BCUT2D eigenvalue weighted by Crippen LogP contribution is -2.16. The van der Waals surface area contributed by atoms with Gasteiger partial charge in [0, 0.05) is 11.8 Å². The van der Waals surface area contributed by atoms with Crippen LogP contribution in [-0.2, 0) is 21.7 Å². The van der Waals surface area contributed by atoms with E-state index in [4.69, 9.17) is 9.40 Å². The minimum Gasteiger partial charge on any atom is -0.508 e. The van der Waals surface area contributed by atoms with Crippen LogP contribution in [-0.4, -0.2) is 20.1 Å².